The van der Waals surface area contributed by atoms with Crippen molar-refractivity contribution in [3.8, 4) is 44.5 Å². The minimum Gasteiger partial charge on any atom is -0.310 e. The van der Waals surface area contributed by atoms with Gasteiger partial charge in [-0.3, -0.25) is 19.2 Å². The van der Waals surface area contributed by atoms with Gasteiger partial charge in [0.1, 0.15) is 0 Å². The third kappa shape index (κ3) is 11.4. The van der Waals surface area contributed by atoms with Crippen LogP contribution in [0.3, 0.4) is 0 Å². The minimum atomic E-state index is -0.219. The van der Waals surface area contributed by atoms with Crippen LogP contribution in [0, 0.1) is 13.8 Å². The van der Waals surface area contributed by atoms with E-state index in [1.165, 1.54) is 77.9 Å². The van der Waals surface area contributed by atoms with Crippen molar-refractivity contribution in [2.24, 2.45) is 0 Å². The van der Waals surface area contributed by atoms with Gasteiger partial charge in [0.05, 0.1) is 11.1 Å². The molecule has 0 spiro atoms. The highest BCUT2D eigenvalue weighted by molar-refractivity contribution is 6.43. The Labute approximate surface area is 639 Å². The molecular formula is C104H74N2O4. The van der Waals surface area contributed by atoms with Gasteiger partial charge in [-0.25, -0.2) is 0 Å². The molecule has 0 fully saturated rings. The lowest BCUT2D eigenvalue weighted by Crippen LogP contribution is -2.18. The first-order chi connectivity index (χ1) is 53.4. The van der Waals surface area contributed by atoms with Crippen molar-refractivity contribution in [2.75, 3.05) is 9.80 Å². The summed E-state index contributed by atoms with van der Waals surface area (Å²) in [5.41, 5.74) is 27.8. The van der Waals surface area contributed by atoms with E-state index in [0.29, 0.717) is 22.3 Å². The molecule has 0 saturated carbocycles. The summed E-state index contributed by atoms with van der Waals surface area (Å²) in [5.74, 6) is -0.867. The molecule has 0 heterocycles. The van der Waals surface area contributed by atoms with Crippen LogP contribution in [-0.2, 0) is 10.8 Å². The second kappa shape index (κ2) is 26.1. The van der Waals surface area contributed by atoms with Gasteiger partial charge >= 0.3 is 0 Å². The van der Waals surface area contributed by atoms with E-state index >= 15 is 0 Å². The number of nitrogens with zero attached hydrogens (tertiary/aromatic N) is 2. The van der Waals surface area contributed by atoms with Crippen molar-refractivity contribution in [1.82, 2.24) is 0 Å². The molecule has 0 amide bonds. The van der Waals surface area contributed by atoms with Gasteiger partial charge in [0.15, 0.2) is 23.1 Å². The Morgan fingerprint density at radius 3 is 0.909 bits per heavy atom. The van der Waals surface area contributed by atoms with Crippen LogP contribution >= 0.6 is 0 Å². The number of fused-ring (bicyclic) bond motifs is 12. The van der Waals surface area contributed by atoms with Crippen molar-refractivity contribution in [3.05, 3.63) is 405 Å². The summed E-state index contributed by atoms with van der Waals surface area (Å²) < 4.78 is 0. The van der Waals surface area contributed by atoms with Gasteiger partial charge in [0.25, 0.3) is 0 Å². The minimum absolute atomic E-state index is 0.138. The Morgan fingerprint density at radius 2 is 0.527 bits per heavy atom. The molecule has 6 nitrogen and oxygen atoms in total. The third-order valence-corrected chi connectivity index (χ3v) is 23.2. The number of benzene rings is 16. The van der Waals surface area contributed by atoms with Crippen LogP contribution < -0.4 is 9.80 Å². The van der Waals surface area contributed by atoms with Gasteiger partial charge in [-0.15, -0.1) is 0 Å². The van der Waals surface area contributed by atoms with Crippen LogP contribution in [-0.4, -0.2) is 23.1 Å². The fourth-order valence-electron chi connectivity index (χ4n) is 17.4. The lowest BCUT2D eigenvalue weighted by atomic mass is 9.82. The highest BCUT2D eigenvalue weighted by Crippen LogP contribution is 2.54. The van der Waals surface area contributed by atoms with Crippen molar-refractivity contribution in [1.29, 1.82) is 0 Å². The monoisotopic (exact) mass is 1410 g/mol. The first-order valence-corrected chi connectivity index (χ1v) is 37.6. The SMILES string of the molecule is CC1(C)c2ccccc2-c2ccc(N(c3ccc4c(c3)C(C)(C)c3ccccc3-4)c3ccc4cc(C=C5C(=O)c6cc7ccccc7cc6C5=O)ccc4c3)cc21.Cc1cccc(-c2ccc(N(c3ccc(-c4cccc(C)c4)cc3)c3ccc4cc(C=C5C(=O)c6cc7ccccc7cc6C5=O)ccc4c3)cc2)c1. The average Bonchev–Trinajstić information content (AvgIpc) is 1.48. The normalized spacial score (nSPS) is 13.9. The summed E-state index contributed by atoms with van der Waals surface area (Å²) in [6, 6.07) is 114. The van der Waals surface area contributed by atoms with Gasteiger partial charge in [0, 0.05) is 67.2 Å². The zero-order valence-electron chi connectivity index (χ0n) is 61.9. The van der Waals surface area contributed by atoms with Gasteiger partial charge in [0.2, 0.25) is 0 Å². The van der Waals surface area contributed by atoms with Gasteiger partial charge in [-0.05, 0) is 256 Å². The number of hydrogen-bond acceptors (Lipinski definition) is 6. The Kier molecular flexibility index (Phi) is 15.9. The summed E-state index contributed by atoms with van der Waals surface area (Å²) in [7, 11) is 0. The third-order valence-electron chi connectivity index (χ3n) is 23.2. The number of Topliss-reactive ketones (excluding diaryl/α,β-unsaturated/α-hetero) is 4. The number of aryl methyl sites for hydroxylation is 2. The smallest absolute Gasteiger partial charge is 0.197 e. The van der Waals surface area contributed by atoms with E-state index in [-0.39, 0.29) is 45.1 Å². The molecule has 16 aromatic carbocycles. The molecule has 0 aliphatic heterocycles. The van der Waals surface area contributed by atoms with Gasteiger partial charge in [-0.2, -0.15) is 0 Å². The van der Waals surface area contributed by atoms with Crippen LogP contribution in [0.2, 0.25) is 0 Å². The van der Waals surface area contributed by atoms with Crippen molar-refractivity contribution < 1.29 is 19.2 Å². The fraction of sp³-hybridized carbons (Fsp3) is 0.0769. The van der Waals surface area contributed by atoms with Crippen LogP contribution in [0.4, 0.5) is 34.1 Å². The standard InChI is InChI=1S/C54H39NO2.C50H35NO2/c1-53(2)47-15-9-7-13-40(47)42-23-21-38(30-49(42)53)55(39-22-24-43-41-14-8-10-16-48(41)54(3,4)50(43)31-39)37-20-19-35-25-32(17-18-36(35)27-37)26-46-51(56)44-28-33-11-5-6-12-34(33)29-45(44)52(46)57;1-32-7-5-11-37(25-32)35-15-20-43(21-16-35)51(44-22-17-36(18-23-44)38-12-6-8-33(2)26-38)45-24-19-41-27-34(13-14-42(41)29-45)28-48-49(52)46-30-39-9-3-4-10-40(39)31-47(46)50(48)53/h5-31H,1-4H3;3-31H,1-2H3. The van der Waals surface area contributed by atoms with Crippen LogP contribution in [0.1, 0.15) is 114 Å². The molecule has 0 saturated heterocycles. The molecule has 0 atom stereocenters. The largest absolute Gasteiger partial charge is 0.310 e. The number of rotatable bonds is 10. The molecule has 16 aromatic rings. The molecule has 6 heteroatoms. The zero-order chi connectivity index (χ0) is 74.8. The first kappa shape index (κ1) is 67.0. The molecule has 0 unspecified atom stereocenters. The topological polar surface area (TPSA) is 74.8 Å². The summed E-state index contributed by atoms with van der Waals surface area (Å²) in [6.45, 7) is 13.6. The van der Waals surface area contributed by atoms with E-state index < -0.39 is 0 Å². The Balaban J connectivity index is 0.000000149. The summed E-state index contributed by atoms with van der Waals surface area (Å²) in [6.07, 6.45) is 3.49. The Bertz CT molecular complexity index is 6390. The van der Waals surface area contributed by atoms with E-state index in [0.717, 1.165) is 88.3 Å². The predicted molar refractivity (Wildman–Crippen MR) is 454 cm³/mol. The molecule has 524 valence electrons. The molecule has 0 N–H and O–H groups in total. The molecule has 0 aromatic heterocycles. The van der Waals surface area contributed by atoms with Crippen LogP contribution in [0.25, 0.3) is 99.7 Å². The second-order valence-electron chi connectivity index (χ2n) is 30.8. The van der Waals surface area contributed by atoms with Crippen molar-refractivity contribution in [2.45, 2.75) is 52.4 Å². The van der Waals surface area contributed by atoms with E-state index in [4.69, 9.17) is 0 Å². The molecule has 4 aliphatic rings. The average molecular weight is 1420 g/mol. The van der Waals surface area contributed by atoms with E-state index in [1.54, 1.807) is 12.2 Å². The van der Waals surface area contributed by atoms with E-state index in [2.05, 4.69) is 288 Å². The Hall–Kier alpha value is -13.7. The summed E-state index contributed by atoms with van der Waals surface area (Å²) in [5, 5.41) is 8.00. The van der Waals surface area contributed by atoms with Crippen molar-refractivity contribution in [3.63, 3.8) is 0 Å². The number of carbonyl (C=O) groups excluding carboxylic acids is 4. The maximum Gasteiger partial charge on any atom is 0.197 e. The maximum absolute atomic E-state index is 13.6. The molecule has 20 rings (SSSR count). The number of carbonyl (C=O) groups is 4. The lowest BCUT2D eigenvalue weighted by molar-refractivity contribution is 0.0975. The van der Waals surface area contributed by atoms with Gasteiger partial charge < -0.3 is 9.80 Å². The highest BCUT2D eigenvalue weighted by Gasteiger charge is 2.39. The number of anilines is 6. The highest BCUT2D eigenvalue weighted by atomic mass is 16.2. The predicted octanol–water partition coefficient (Wildman–Crippen LogP) is 26.4. The first-order valence-electron chi connectivity index (χ1n) is 37.6. The lowest BCUT2D eigenvalue weighted by Gasteiger charge is -2.30. The molecule has 0 bridgehead atoms. The second-order valence-corrected chi connectivity index (χ2v) is 30.8. The van der Waals surface area contributed by atoms with E-state index in [1.807, 2.05) is 91.0 Å². The zero-order valence-corrected chi connectivity index (χ0v) is 61.9. The van der Waals surface area contributed by atoms with E-state index in [9.17, 15) is 19.2 Å². The molecule has 4 aliphatic carbocycles. The van der Waals surface area contributed by atoms with Crippen molar-refractivity contribution >= 4 is 112 Å². The number of allylic oxidation sites excluding steroid dienone is 2. The van der Waals surface area contributed by atoms with Crippen LogP contribution in [0.5, 0.6) is 0 Å². The summed E-state index contributed by atoms with van der Waals surface area (Å²) >= 11 is 0. The molecular weight excluding hydrogens is 1340 g/mol. The fourth-order valence-corrected chi connectivity index (χ4v) is 17.4. The van der Waals surface area contributed by atoms with Gasteiger partial charge in [-0.1, -0.05) is 257 Å². The Morgan fingerprint density at radius 1 is 0.227 bits per heavy atom. The number of hydrogen-bond donors (Lipinski definition) is 0. The number of ketones is 4. The molecule has 0 radical (unpaired) electrons. The molecule has 110 heavy (non-hydrogen) atoms. The maximum atomic E-state index is 13.6. The summed E-state index contributed by atoms with van der Waals surface area (Å²) in [4.78, 5) is 58.7. The quantitative estimate of drug-likeness (QED) is 0.100. The van der Waals surface area contributed by atoms with Crippen LogP contribution in [0.15, 0.2) is 339 Å².